The Morgan fingerprint density at radius 3 is 2.44 bits per heavy atom. The minimum absolute atomic E-state index is 0.0729. The van der Waals surface area contributed by atoms with Gasteiger partial charge >= 0.3 is 5.97 Å². The van der Waals surface area contributed by atoms with Gasteiger partial charge in [0.15, 0.2) is 5.79 Å². The first-order valence-corrected chi connectivity index (χ1v) is 10.2. The SMILES string of the molecule is CC(C)(C)OC(=O)C[C@H]1C[C@@H](CSc2nnnn2C(C)(C)C)OC(C)(C)O1. The van der Waals surface area contributed by atoms with Crippen LogP contribution < -0.4 is 0 Å². The predicted octanol–water partition coefficient (Wildman–Crippen LogP) is 3.16. The number of aromatic nitrogens is 4. The number of carbonyl (C=O) groups excluding carboxylic acids is 1. The summed E-state index contributed by atoms with van der Waals surface area (Å²) in [6, 6.07) is 0. The molecule has 0 bridgehead atoms. The van der Waals surface area contributed by atoms with E-state index >= 15 is 0 Å². The molecule has 0 aromatic carbocycles. The lowest BCUT2D eigenvalue weighted by atomic mass is 10.1. The zero-order chi connectivity index (χ0) is 20.5. The van der Waals surface area contributed by atoms with Crippen molar-refractivity contribution in [2.45, 2.75) is 103 Å². The Morgan fingerprint density at radius 2 is 1.85 bits per heavy atom. The number of hydrogen-bond donors (Lipinski definition) is 0. The molecule has 2 atom stereocenters. The number of hydrogen-bond acceptors (Lipinski definition) is 8. The van der Waals surface area contributed by atoms with Gasteiger partial charge in [0.05, 0.1) is 24.2 Å². The first kappa shape index (κ1) is 22.1. The molecule has 0 unspecified atom stereocenters. The van der Waals surface area contributed by atoms with E-state index < -0.39 is 11.4 Å². The summed E-state index contributed by atoms with van der Waals surface area (Å²) in [7, 11) is 0. The van der Waals surface area contributed by atoms with Crippen LogP contribution in [0.15, 0.2) is 5.16 Å². The van der Waals surface area contributed by atoms with Gasteiger partial charge in [-0.15, -0.1) is 5.10 Å². The fourth-order valence-corrected chi connectivity index (χ4v) is 3.94. The number of nitrogens with zero attached hydrogens (tertiary/aromatic N) is 4. The van der Waals surface area contributed by atoms with Gasteiger partial charge < -0.3 is 14.2 Å². The van der Waals surface area contributed by atoms with Crippen molar-refractivity contribution in [3.05, 3.63) is 0 Å². The van der Waals surface area contributed by atoms with Gasteiger partial charge in [-0.1, -0.05) is 11.8 Å². The predicted molar refractivity (Wildman–Crippen MR) is 102 cm³/mol. The van der Waals surface area contributed by atoms with E-state index in [2.05, 4.69) is 36.3 Å². The first-order valence-electron chi connectivity index (χ1n) is 9.24. The third-order valence-electron chi connectivity index (χ3n) is 3.72. The number of ether oxygens (including phenoxy) is 3. The van der Waals surface area contributed by atoms with Crippen molar-refractivity contribution in [2.75, 3.05) is 5.75 Å². The van der Waals surface area contributed by atoms with E-state index in [4.69, 9.17) is 14.2 Å². The van der Waals surface area contributed by atoms with Crippen LogP contribution >= 0.6 is 11.8 Å². The minimum Gasteiger partial charge on any atom is -0.460 e. The van der Waals surface area contributed by atoms with Crippen LogP contribution in [-0.2, 0) is 24.5 Å². The molecule has 0 N–H and O–H groups in total. The summed E-state index contributed by atoms with van der Waals surface area (Å²) in [4.78, 5) is 12.2. The topological polar surface area (TPSA) is 88.4 Å². The van der Waals surface area contributed by atoms with Crippen LogP contribution in [0.2, 0.25) is 0 Å². The molecule has 0 amide bonds. The molecule has 2 heterocycles. The Kier molecular flexibility index (Phi) is 6.59. The van der Waals surface area contributed by atoms with Crippen LogP contribution in [0.3, 0.4) is 0 Å². The lowest BCUT2D eigenvalue weighted by Gasteiger charge is -2.40. The molecule has 9 heteroatoms. The molecule has 154 valence electrons. The molecule has 27 heavy (non-hydrogen) atoms. The van der Waals surface area contributed by atoms with Crippen molar-refractivity contribution in [2.24, 2.45) is 0 Å². The van der Waals surface area contributed by atoms with Crippen molar-refractivity contribution in [3.8, 4) is 0 Å². The van der Waals surface area contributed by atoms with Gasteiger partial charge in [-0.3, -0.25) is 4.79 Å². The first-order chi connectivity index (χ1) is 12.3. The maximum Gasteiger partial charge on any atom is 0.308 e. The molecule has 1 aliphatic heterocycles. The van der Waals surface area contributed by atoms with Gasteiger partial charge in [0, 0.05) is 12.2 Å². The molecular formula is C18H32N4O4S. The van der Waals surface area contributed by atoms with Crippen molar-refractivity contribution in [1.29, 1.82) is 0 Å². The van der Waals surface area contributed by atoms with Gasteiger partial charge in [-0.25, -0.2) is 4.68 Å². The van der Waals surface area contributed by atoms with Gasteiger partial charge in [-0.05, 0) is 65.8 Å². The summed E-state index contributed by atoms with van der Waals surface area (Å²) >= 11 is 1.55. The van der Waals surface area contributed by atoms with Crippen LogP contribution in [0.5, 0.6) is 0 Å². The summed E-state index contributed by atoms with van der Waals surface area (Å²) in [5, 5.41) is 12.7. The second-order valence-corrected chi connectivity index (χ2v) is 10.2. The van der Waals surface area contributed by atoms with E-state index in [0.29, 0.717) is 12.2 Å². The Bertz CT molecular complexity index is 649. The van der Waals surface area contributed by atoms with E-state index in [0.717, 1.165) is 5.16 Å². The Morgan fingerprint density at radius 1 is 1.22 bits per heavy atom. The van der Waals surface area contributed by atoms with E-state index in [1.807, 2.05) is 34.6 Å². The van der Waals surface area contributed by atoms with Crippen molar-refractivity contribution >= 4 is 17.7 Å². The zero-order valence-corrected chi connectivity index (χ0v) is 18.4. The summed E-state index contributed by atoms with van der Waals surface area (Å²) in [6.07, 6.45) is 0.515. The molecule has 1 aromatic heterocycles. The fourth-order valence-electron chi connectivity index (χ4n) is 2.87. The Labute approximate surface area is 165 Å². The second kappa shape index (κ2) is 8.05. The maximum atomic E-state index is 12.2. The lowest BCUT2D eigenvalue weighted by molar-refractivity contribution is -0.295. The third-order valence-corrected chi connectivity index (χ3v) is 4.77. The van der Waals surface area contributed by atoms with Gasteiger partial charge in [0.2, 0.25) is 5.16 Å². The number of tetrazole rings is 1. The van der Waals surface area contributed by atoms with Crippen LogP contribution in [0.25, 0.3) is 0 Å². The number of esters is 1. The van der Waals surface area contributed by atoms with Crippen molar-refractivity contribution < 1.29 is 19.0 Å². The highest BCUT2D eigenvalue weighted by molar-refractivity contribution is 7.99. The number of carbonyl (C=O) groups is 1. The average molecular weight is 401 g/mol. The molecule has 1 aromatic rings. The molecule has 0 radical (unpaired) electrons. The molecule has 8 nitrogen and oxygen atoms in total. The van der Waals surface area contributed by atoms with E-state index in [-0.39, 0.29) is 30.1 Å². The molecule has 2 rings (SSSR count). The summed E-state index contributed by atoms with van der Waals surface area (Å²) in [5.41, 5.74) is -0.696. The average Bonchev–Trinajstić information content (AvgIpc) is 2.89. The van der Waals surface area contributed by atoms with Crippen LogP contribution in [-0.4, -0.2) is 55.5 Å². The molecule has 1 aliphatic rings. The molecule has 1 saturated heterocycles. The molecule has 0 aliphatic carbocycles. The van der Waals surface area contributed by atoms with Crippen LogP contribution in [0.4, 0.5) is 0 Å². The molecular weight excluding hydrogens is 368 g/mol. The third kappa shape index (κ3) is 7.04. The highest BCUT2D eigenvalue weighted by Crippen LogP contribution is 2.32. The van der Waals surface area contributed by atoms with E-state index in [1.54, 1.807) is 16.4 Å². The smallest absolute Gasteiger partial charge is 0.308 e. The van der Waals surface area contributed by atoms with Crippen LogP contribution in [0, 0.1) is 0 Å². The normalized spacial score (nSPS) is 23.3. The van der Waals surface area contributed by atoms with Gasteiger partial charge in [0.25, 0.3) is 0 Å². The molecule has 0 spiro atoms. The molecule has 0 saturated carbocycles. The highest BCUT2D eigenvalue weighted by atomic mass is 32.2. The van der Waals surface area contributed by atoms with Gasteiger partial charge in [0.1, 0.15) is 5.60 Å². The summed E-state index contributed by atoms with van der Waals surface area (Å²) < 4.78 is 19.2. The lowest BCUT2D eigenvalue weighted by Crippen LogP contribution is -2.46. The number of thioether (sulfide) groups is 1. The minimum atomic E-state index is -0.758. The van der Waals surface area contributed by atoms with Crippen molar-refractivity contribution in [1.82, 2.24) is 20.2 Å². The molecule has 1 fully saturated rings. The Hall–Kier alpha value is -1.19. The second-order valence-electron chi connectivity index (χ2n) is 9.26. The Balaban J connectivity index is 1.97. The largest absolute Gasteiger partial charge is 0.460 e. The number of rotatable bonds is 5. The van der Waals surface area contributed by atoms with Gasteiger partial charge in [-0.2, -0.15) is 0 Å². The fraction of sp³-hybridized carbons (Fsp3) is 0.889. The zero-order valence-electron chi connectivity index (χ0n) is 17.6. The quantitative estimate of drug-likeness (QED) is 0.550. The van der Waals surface area contributed by atoms with E-state index in [9.17, 15) is 4.79 Å². The summed E-state index contributed by atoms with van der Waals surface area (Å²) in [6.45, 7) is 15.5. The van der Waals surface area contributed by atoms with Crippen molar-refractivity contribution in [3.63, 3.8) is 0 Å². The highest BCUT2D eigenvalue weighted by Gasteiger charge is 2.37. The summed E-state index contributed by atoms with van der Waals surface area (Å²) in [5.74, 6) is -0.339. The standard InChI is InChI=1S/C18H32N4O4S/c1-16(2,3)22-15(19-20-21-22)27-11-13-9-12(24-18(7,8)25-13)10-14(23)26-17(4,5)6/h12-13H,9-11H2,1-8H3/t12-,13+/m1/s1. The monoisotopic (exact) mass is 400 g/mol. The maximum absolute atomic E-state index is 12.2. The van der Waals surface area contributed by atoms with E-state index in [1.165, 1.54) is 0 Å². The van der Waals surface area contributed by atoms with Crippen LogP contribution in [0.1, 0.15) is 68.2 Å².